The van der Waals surface area contributed by atoms with Crippen molar-refractivity contribution in [3.63, 3.8) is 0 Å². The van der Waals surface area contributed by atoms with Gasteiger partial charge in [0.05, 0.1) is 17.7 Å². The number of hydrogen-bond acceptors (Lipinski definition) is 5. The van der Waals surface area contributed by atoms with Crippen LogP contribution in [0.1, 0.15) is 5.56 Å². The first-order valence-electron chi connectivity index (χ1n) is 7.57. The average molecular weight is 415 g/mol. The third kappa shape index (κ3) is 6.40. The Balaban J connectivity index is 2.08. The summed E-state index contributed by atoms with van der Waals surface area (Å²) in [5.41, 5.74) is 0.801. The number of rotatable bonds is 7. The molecule has 146 valence electrons. The van der Waals surface area contributed by atoms with E-state index in [2.05, 4.69) is 5.32 Å². The van der Waals surface area contributed by atoms with E-state index in [9.17, 15) is 26.0 Å². The summed E-state index contributed by atoms with van der Waals surface area (Å²) in [6.45, 7) is -0.565. The van der Waals surface area contributed by atoms with Crippen molar-refractivity contribution in [2.24, 2.45) is 5.14 Å². The van der Waals surface area contributed by atoms with Gasteiger partial charge < -0.3 is 5.32 Å². The number of nitrogens with zero attached hydrogens (tertiary/aromatic N) is 1. The van der Waals surface area contributed by atoms with Crippen LogP contribution in [-0.4, -0.2) is 39.8 Å². The topological polar surface area (TPSA) is 127 Å². The Labute approximate surface area is 156 Å². The molecule has 27 heavy (non-hydrogen) atoms. The first-order valence-corrected chi connectivity index (χ1v) is 11.0. The SMILES string of the molecule is CS(=O)(=O)N(CC(=O)Nc1ccc(S(N)(=O)=O)cc1)Cc1ccc(F)cc1. The van der Waals surface area contributed by atoms with E-state index in [1.807, 2.05) is 0 Å². The second-order valence-corrected chi connectivity index (χ2v) is 9.32. The zero-order valence-electron chi connectivity index (χ0n) is 14.3. The summed E-state index contributed by atoms with van der Waals surface area (Å²) in [4.78, 5) is 12.1. The number of sulfonamides is 2. The lowest BCUT2D eigenvalue weighted by molar-refractivity contribution is -0.116. The van der Waals surface area contributed by atoms with Crippen LogP contribution in [0.25, 0.3) is 0 Å². The van der Waals surface area contributed by atoms with Crippen LogP contribution in [0.15, 0.2) is 53.4 Å². The lowest BCUT2D eigenvalue weighted by atomic mass is 10.2. The van der Waals surface area contributed by atoms with Crippen LogP contribution in [0, 0.1) is 5.82 Å². The second kappa shape index (κ2) is 8.13. The van der Waals surface area contributed by atoms with E-state index in [1.54, 1.807) is 0 Å². The molecule has 0 aliphatic heterocycles. The second-order valence-electron chi connectivity index (χ2n) is 5.78. The number of carbonyl (C=O) groups is 1. The van der Waals surface area contributed by atoms with Gasteiger partial charge in [-0.05, 0) is 42.0 Å². The lowest BCUT2D eigenvalue weighted by Gasteiger charge is -2.19. The fourth-order valence-electron chi connectivity index (χ4n) is 2.17. The van der Waals surface area contributed by atoms with Gasteiger partial charge in [0.15, 0.2) is 0 Å². The minimum absolute atomic E-state index is 0.100. The third-order valence-electron chi connectivity index (χ3n) is 3.53. The Morgan fingerprint density at radius 2 is 1.59 bits per heavy atom. The van der Waals surface area contributed by atoms with Crippen molar-refractivity contribution in [1.29, 1.82) is 0 Å². The molecule has 0 spiro atoms. The fourth-order valence-corrected chi connectivity index (χ4v) is 3.42. The zero-order chi connectivity index (χ0) is 20.2. The molecule has 0 heterocycles. The predicted octanol–water partition coefficient (Wildman–Crippen LogP) is 0.873. The molecular formula is C16H18FN3O5S2. The van der Waals surface area contributed by atoms with Gasteiger partial charge in [-0.2, -0.15) is 4.31 Å². The molecule has 2 aromatic carbocycles. The Kier molecular flexibility index (Phi) is 6.31. The van der Waals surface area contributed by atoms with Crippen LogP contribution >= 0.6 is 0 Å². The molecule has 0 saturated carbocycles. The lowest BCUT2D eigenvalue weighted by Crippen LogP contribution is -2.36. The number of benzene rings is 2. The summed E-state index contributed by atoms with van der Waals surface area (Å²) in [7, 11) is -7.55. The normalized spacial score (nSPS) is 12.1. The molecule has 1 amide bonds. The highest BCUT2D eigenvalue weighted by Gasteiger charge is 2.21. The minimum Gasteiger partial charge on any atom is -0.325 e. The Bertz CT molecular complexity index is 1020. The van der Waals surface area contributed by atoms with Crippen molar-refractivity contribution in [3.05, 3.63) is 59.9 Å². The first kappa shape index (κ1) is 21.0. The Morgan fingerprint density at radius 1 is 1.04 bits per heavy atom. The van der Waals surface area contributed by atoms with Crippen molar-refractivity contribution in [3.8, 4) is 0 Å². The summed E-state index contributed by atoms with van der Waals surface area (Å²) in [5.74, 6) is -1.07. The fraction of sp³-hybridized carbons (Fsp3) is 0.188. The smallest absolute Gasteiger partial charge is 0.239 e. The molecule has 2 aromatic rings. The number of anilines is 1. The van der Waals surface area contributed by atoms with Crippen molar-refractivity contribution >= 4 is 31.6 Å². The van der Waals surface area contributed by atoms with Gasteiger partial charge in [0.1, 0.15) is 5.82 Å². The van der Waals surface area contributed by atoms with Gasteiger partial charge in [0.25, 0.3) is 0 Å². The molecule has 0 aliphatic carbocycles. The van der Waals surface area contributed by atoms with E-state index in [4.69, 9.17) is 5.14 Å². The van der Waals surface area contributed by atoms with Crippen LogP contribution < -0.4 is 10.5 Å². The molecule has 8 nitrogen and oxygen atoms in total. The van der Waals surface area contributed by atoms with Crippen LogP contribution in [0.2, 0.25) is 0 Å². The van der Waals surface area contributed by atoms with Crippen LogP contribution in [0.5, 0.6) is 0 Å². The minimum atomic E-state index is -3.85. The highest BCUT2D eigenvalue weighted by Crippen LogP contribution is 2.14. The summed E-state index contributed by atoms with van der Waals surface area (Å²) in [6, 6.07) is 10.4. The maximum Gasteiger partial charge on any atom is 0.239 e. The van der Waals surface area contributed by atoms with Crippen molar-refractivity contribution in [2.45, 2.75) is 11.4 Å². The molecular weight excluding hydrogens is 397 g/mol. The number of halogens is 1. The summed E-state index contributed by atoms with van der Waals surface area (Å²) in [5, 5.41) is 7.47. The molecule has 0 fully saturated rings. The third-order valence-corrected chi connectivity index (χ3v) is 5.65. The molecule has 11 heteroatoms. The highest BCUT2D eigenvalue weighted by atomic mass is 32.2. The molecule has 0 aromatic heterocycles. The molecule has 0 saturated heterocycles. The van der Waals surface area contributed by atoms with Gasteiger partial charge in [-0.1, -0.05) is 12.1 Å². The molecule has 0 aliphatic rings. The standard InChI is InChI=1S/C16H18FN3O5S2/c1-26(22,23)20(10-12-2-4-13(17)5-3-12)11-16(21)19-14-6-8-15(9-7-14)27(18,24)25/h2-9H,10-11H2,1H3,(H,19,21)(H2,18,24,25). The maximum absolute atomic E-state index is 13.0. The summed E-state index contributed by atoms with van der Waals surface area (Å²) in [6.07, 6.45) is 0.963. The number of hydrogen-bond donors (Lipinski definition) is 2. The van der Waals surface area contributed by atoms with Crippen molar-refractivity contribution in [2.75, 3.05) is 18.1 Å². The van der Waals surface area contributed by atoms with Crippen molar-refractivity contribution in [1.82, 2.24) is 4.31 Å². The summed E-state index contributed by atoms with van der Waals surface area (Å²) < 4.78 is 60.2. The number of nitrogens with two attached hydrogens (primary N) is 1. The Morgan fingerprint density at radius 3 is 2.07 bits per heavy atom. The van der Waals surface area contributed by atoms with Gasteiger partial charge in [-0.25, -0.2) is 26.4 Å². The molecule has 0 bridgehead atoms. The number of nitrogens with one attached hydrogen (secondary N) is 1. The quantitative estimate of drug-likeness (QED) is 0.694. The molecule has 0 atom stereocenters. The molecule has 0 unspecified atom stereocenters. The van der Waals surface area contributed by atoms with Crippen LogP contribution in [0.4, 0.5) is 10.1 Å². The number of amides is 1. The molecule has 3 N–H and O–H groups in total. The predicted molar refractivity (Wildman–Crippen MR) is 98.1 cm³/mol. The largest absolute Gasteiger partial charge is 0.325 e. The van der Waals surface area contributed by atoms with E-state index in [0.29, 0.717) is 5.56 Å². The van der Waals surface area contributed by atoms with E-state index >= 15 is 0 Å². The van der Waals surface area contributed by atoms with Gasteiger partial charge in [-0.15, -0.1) is 0 Å². The number of primary sulfonamides is 1. The van der Waals surface area contributed by atoms with E-state index in [1.165, 1.54) is 48.5 Å². The zero-order valence-corrected chi connectivity index (χ0v) is 15.9. The van der Waals surface area contributed by atoms with Crippen LogP contribution in [-0.2, 0) is 31.4 Å². The monoisotopic (exact) mass is 415 g/mol. The molecule has 2 rings (SSSR count). The van der Waals surface area contributed by atoms with Crippen LogP contribution in [0.3, 0.4) is 0 Å². The van der Waals surface area contributed by atoms with Gasteiger partial charge in [0.2, 0.25) is 26.0 Å². The molecule has 0 radical (unpaired) electrons. The van der Waals surface area contributed by atoms with Gasteiger partial charge in [-0.3, -0.25) is 4.79 Å². The van der Waals surface area contributed by atoms with E-state index < -0.39 is 38.3 Å². The van der Waals surface area contributed by atoms with Gasteiger partial charge >= 0.3 is 0 Å². The van der Waals surface area contributed by atoms with E-state index in [-0.39, 0.29) is 17.1 Å². The summed E-state index contributed by atoms with van der Waals surface area (Å²) >= 11 is 0. The van der Waals surface area contributed by atoms with Crippen molar-refractivity contribution < 1.29 is 26.0 Å². The highest BCUT2D eigenvalue weighted by molar-refractivity contribution is 7.89. The maximum atomic E-state index is 13.0. The first-order chi connectivity index (χ1) is 12.4. The van der Waals surface area contributed by atoms with Gasteiger partial charge in [0, 0.05) is 12.2 Å². The van der Waals surface area contributed by atoms with E-state index in [0.717, 1.165) is 10.6 Å². The number of carbonyl (C=O) groups excluding carboxylic acids is 1. The average Bonchev–Trinajstić information content (AvgIpc) is 2.55. The Hall–Kier alpha value is -2.34.